The quantitative estimate of drug-likeness (QED) is 0.570. The van der Waals surface area contributed by atoms with E-state index < -0.39 is 21.9 Å². The van der Waals surface area contributed by atoms with Crippen molar-refractivity contribution >= 4 is 26.7 Å². The van der Waals surface area contributed by atoms with Crippen LogP contribution in [0.5, 0.6) is 5.75 Å². The summed E-state index contributed by atoms with van der Waals surface area (Å²) >= 11 is 0. The number of nitrogens with zero attached hydrogens (tertiary/aromatic N) is 1. The number of hydrogen-bond donors (Lipinski definition) is 1. The zero-order valence-corrected chi connectivity index (χ0v) is 17.6. The van der Waals surface area contributed by atoms with Gasteiger partial charge in [0.25, 0.3) is 0 Å². The van der Waals surface area contributed by atoms with Gasteiger partial charge in [0, 0.05) is 6.54 Å². The van der Waals surface area contributed by atoms with Crippen molar-refractivity contribution in [3.63, 3.8) is 0 Å². The smallest absolute Gasteiger partial charge is 0.243 e. The molecule has 162 valence electrons. The first-order valence-corrected chi connectivity index (χ1v) is 11.6. The predicted molar refractivity (Wildman–Crippen MR) is 116 cm³/mol. The molecule has 1 atom stereocenters. The first-order chi connectivity index (χ1) is 14.9. The van der Waals surface area contributed by atoms with E-state index in [-0.39, 0.29) is 30.5 Å². The lowest BCUT2D eigenvalue weighted by atomic mass is 10.1. The van der Waals surface area contributed by atoms with Gasteiger partial charge in [-0.05, 0) is 60.0 Å². The largest absolute Gasteiger partial charge is 0.492 e. The fourth-order valence-corrected chi connectivity index (χ4v) is 5.41. The van der Waals surface area contributed by atoms with E-state index in [1.807, 2.05) is 42.5 Å². The van der Waals surface area contributed by atoms with Gasteiger partial charge in [0.1, 0.15) is 24.2 Å². The lowest BCUT2D eigenvalue weighted by Gasteiger charge is -2.23. The van der Waals surface area contributed by atoms with E-state index in [4.69, 9.17) is 4.74 Å². The Morgan fingerprint density at radius 1 is 1.06 bits per heavy atom. The van der Waals surface area contributed by atoms with E-state index in [9.17, 15) is 17.6 Å². The third-order valence-corrected chi connectivity index (χ3v) is 7.24. The molecule has 1 heterocycles. The predicted octanol–water partition coefficient (Wildman–Crippen LogP) is 3.33. The molecule has 1 N–H and O–H groups in total. The average Bonchev–Trinajstić information content (AvgIpc) is 3.28. The highest BCUT2D eigenvalue weighted by Crippen LogP contribution is 2.26. The lowest BCUT2D eigenvalue weighted by Crippen LogP contribution is -2.46. The standard InChI is InChI=1S/C23H23FN2O4S/c24-19-8-11-21(12-9-19)31(28,29)26-14-3-6-22(26)23(27)25-13-15-30-20-10-7-17-4-1-2-5-18(17)16-20/h1-2,4-5,7-12,16,22H,3,6,13-15H2,(H,25,27). The van der Waals surface area contributed by atoms with E-state index in [0.29, 0.717) is 18.6 Å². The minimum Gasteiger partial charge on any atom is -0.492 e. The second-order valence-electron chi connectivity index (χ2n) is 7.38. The highest BCUT2D eigenvalue weighted by atomic mass is 32.2. The van der Waals surface area contributed by atoms with Crippen LogP contribution >= 0.6 is 0 Å². The second kappa shape index (κ2) is 9.03. The van der Waals surface area contributed by atoms with Gasteiger partial charge >= 0.3 is 0 Å². The number of benzene rings is 3. The van der Waals surface area contributed by atoms with E-state index in [2.05, 4.69) is 5.32 Å². The summed E-state index contributed by atoms with van der Waals surface area (Å²) in [5.41, 5.74) is 0. The van der Waals surface area contributed by atoms with Crippen LogP contribution in [0.1, 0.15) is 12.8 Å². The third kappa shape index (κ3) is 4.70. The van der Waals surface area contributed by atoms with Crippen molar-refractivity contribution in [1.29, 1.82) is 0 Å². The summed E-state index contributed by atoms with van der Waals surface area (Å²) in [6, 6.07) is 17.6. The van der Waals surface area contributed by atoms with Crippen molar-refractivity contribution in [1.82, 2.24) is 9.62 Å². The first-order valence-electron chi connectivity index (χ1n) is 10.1. The Balaban J connectivity index is 1.33. The Morgan fingerprint density at radius 3 is 2.58 bits per heavy atom. The molecular formula is C23H23FN2O4S. The van der Waals surface area contributed by atoms with Gasteiger partial charge in [0.2, 0.25) is 15.9 Å². The van der Waals surface area contributed by atoms with Crippen LogP contribution in [0, 0.1) is 5.82 Å². The number of carbonyl (C=O) groups excluding carboxylic acids is 1. The van der Waals surface area contributed by atoms with Gasteiger partial charge in [-0.25, -0.2) is 12.8 Å². The maximum absolute atomic E-state index is 13.1. The molecule has 1 amide bonds. The highest BCUT2D eigenvalue weighted by molar-refractivity contribution is 7.89. The summed E-state index contributed by atoms with van der Waals surface area (Å²) in [6.07, 6.45) is 1.03. The Bertz CT molecular complexity index is 1180. The molecule has 0 spiro atoms. The number of halogens is 1. The molecule has 0 bridgehead atoms. The number of fused-ring (bicyclic) bond motifs is 1. The summed E-state index contributed by atoms with van der Waals surface area (Å²) < 4.78 is 45.8. The summed E-state index contributed by atoms with van der Waals surface area (Å²) in [7, 11) is -3.87. The number of sulfonamides is 1. The molecule has 3 aromatic rings. The van der Waals surface area contributed by atoms with Crippen LogP contribution in [-0.4, -0.2) is 44.4 Å². The van der Waals surface area contributed by atoms with Gasteiger partial charge in [-0.2, -0.15) is 4.31 Å². The number of amides is 1. The summed E-state index contributed by atoms with van der Waals surface area (Å²) in [4.78, 5) is 12.6. The van der Waals surface area contributed by atoms with Gasteiger partial charge in [-0.15, -0.1) is 0 Å². The second-order valence-corrected chi connectivity index (χ2v) is 9.27. The van der Waals surface area contributed by atoms with Gasteiger partial charge in [0.05, 0.1) is 11.4 Å². The van der Waals surface area contributed by atoms with Gasteiger partial charge in [-0.3, -0.25) is 4.79 Å². The summed E-state index contributed by atoms with van der Waals surface area (Å²) in [5, 5.41) is 4.95. The molecule has 1 aliphatic heterocycles. The summed E-state index contributed by atoms with van der Waals surface area (Å²) in [5.74, 6) is -0.166. The Labute approximate surface area is 180 Å². The zero-order valence-electron chi connectivity index (χ0n) is 16.8. The van der Waals surface area contributed by atoms with Crippen LogP contribution in [0.15, 0.2) is 71.6 Å². The van der Waals surface area contributed by atoms with Crippen LogP contribution in [0.4, 0.5) is 4.39 Å². The Kier molecular flexibility index (Phi) is 6.20. The normalized spacial score (nSPS) is 17.0. The van der Waals surface area contributed by atoms with Crippen LogP contribution in [0.25, 0.3) is 10.8 Å². The SMILES string of the molecule is O=C(NCCOc1ccc2ccccc2c1)C1CCCN1S(=O)(=O)c1ccc(F)cc1. The summed E-state index contributed by atoms with van der Waals surface area (Å²) in [6.45, 7) is 0.777. The molecule has 3 aromatic carbocycles. The van der Waals surface area contributed by atoms with Crippen LogP contribution in [0.2, 0.25) is 0 Å². The van der Waals surface area contributed by atoms with Crippen molar-refractivity contribution in [2.45, 2.75) is 23.8 Å². The Morgan fingerprint density at radius 2 is 1.81 bits per heavy atom. The third-order valence-electron chi connectivity index (χ3n) is 5.32. The molecule has 4 rings (SSSR count). The van der Waals surface area contributed by atoms with Crippen molar-refractivity contribution in [2.24, 2.45) is 0 Å². The molecule has 1 aliphatic rings. The maximum atomic E-state index is 13.1. The number of carbonyl (C=O) groups is 1. The van der Waals surface area contributed by atoms with E-state index >= 15 is 0 Å². The molecule has 6 nitrogen and oxygen atoms in total. The van der Waals surface area contributed by atoms with Crippen molar-refractivity contribution in [2.75, 3.05) is 19.7 Å². The molecule has 0 aliphatic carbocycles. The number of hydrogen-bond acceptors (Lipinski definition) is 4. The average molecular weight is 443 g/mol. The Hall–Kier alpha value is -2.97. The molecule has 0 saturated carbocycles. The molecular weight excluding hydrogens is 419 g/mol. The molecule has 1 unspecified atom stereocenters. The van der Waals surface area contributed by atoms with Crippen LogP contribution < -0.4 is 10.1 Å². The van der Waals surface area contributed by atoms with Gasteiger partial charge < -0.3 is 10.1 Å². The molecule has 1 saturated heterocycles. The highest BCUT2D eigenvalue weighted by Gasteiger charge is 2.39. The number of ether oxygens (including phenoxy) is 1. The van der Waals surface area contributed by atoms with Crippen molar-refractivity contribution < 1.29 is 22.3 Å². The minimum atomic E-state index is -3.87. The monoisotopic (exact) mass is 442 g/mol. The van der Waals surface area contributed by atoms with Gasteiger partial charge in [0.15, 0.2) is 0 Å². The molecule has 8 heteroatoms. The molecule has 31 heavy (non-hydrogen) atoms. The molecule has 0 aromatic heterocycles. The fraction of sp³-hybridized carbons (Fsp3) is 0.261. The topological polar surface area (TPSA) is 75.7 Å². The maximum Gasteiger partial charge on any atom is 0.243 e. The van der Waals surface area contributed by atoms with Crippen molar-refractivity contribution in [3.05, 3.63) is 72.5 Å². The lowest BCUT2D eigenvalue weighted by molar-refractivity contribution is -0.124. The van der Waals surface area contributed by atoms with Crippen LogP contribution in [0.3, 0.4) is 0 Å². The van der Waals surface area contributed by atoms with E-state index in [1.165, 1.54) is 16.4 Å². The van der Waals surface area contributed by atoms with E-state index in [1.54, 1.807) is 0 Å². The minimum absolute atomic E-state index is 0.0202. The van der Waals surface area contributed by atoms with Gasteiger partial charge in [-0.1, -0.05) is 30.3 Å². The fourth-order valence-electron chi connectivity index (χ4n) is 3.75. The zero-order chi connectivity index (χ0) is 21.8. The van der Waals surface area contributed by atoms with E-state index in [0.717, 1.165) is 22.9 Å². The number of rotatable bonds is 7. The number of nitrogens with one attached hydrogen (secondary N) is 1. The van der Waals surface area contributed by atoms with Crippen LogP contribution in [-0.2, 0) is 14.8 Å². The molecule has 0 radical (unpaired) electrons. The first kappa shape index (κ1) is 21.3. The molecule has 1 fully saturated rings. The van der Waals surface area contributed by atoms with Crippen molar-refractivity contribution in [3.8, 4) is 5.75 Å².